The zero-order valence-electron chi connectivity index (χ0n) is 11.0. The van der Waals surface area contributed by atoms with Crippen LogP contribution in [0.5, 0.6) is 0 Å². The second-order valence-corrected chi connectivity index (χ2v) is 5.58. The highest BCUT2D eigenvalue weighted by atomic mass is 32.1. The SMILES string of the molecule is CCC(C)CNCc1nc(-c2ccccc2)cs1. The van der Waals surface area contributed by atoms with Crippen molar-refractivity contribution in [2.75, 3.05) is 6.54 Å². The van der Waals surface area contributed by atoms with Crippen molar-refractivity contribution in [2.45, 2.75) is 26.8 Å². The lowest BCUT2D eigenvalue weighted by molar-refractivity contribution is 0.499. The molecule has 18 heavy (non-hydrogen) atoms. The summed E-state index contributed by atoms with van der Waals surface area (Å²) >= 11 is 1.73. The Morgan fingerprint density at radius 3 is 2.78 bits per heavy atom. The molecular weight excluding hydrogens is 240 g/mol. The molecule has 0 bridgehead atoms. The third-order valence-corrected chi connectivity index (χ3v) is 3.94. The van der Waals surface area contributed by atoms with E-state index in [0.717, 1.165) is 29.7 Å². The van der Waals surface area contributed by atoms with Gasteiger partial charge >= 0.3 is 0 Å². The molecule has 3 heteroatoms. The van der Waals surface area contributed by atoms with E-state index >= 15 is 0 Å². The molecule has 2 nitrogen and oxygen atoms in total. The van der Waals surface area contributed by atoms with Gasteiger partial charge in [-0.2, -0.15) is 0 Å². The molecule has 1 heterocycles. The number of aromatic nitrogens is 1. The van der Waals surface area contributed by atoms with E-state index in [4.69, 9.17) is 0 Å². The van der Waals surface area contributed by atoms with Gasteiger partial charge in [0, 0.05) is 17.5 Å². The number of nitrogens with zero attached hydrogens (tertiary/aromatic N) is 1. The van der Waals surface area contributed by atoms with Crippen LogP contribution in [0.1, 0.15) is 25.3 Å². The number of thiazole rings is 1. The van der Waals surface area contributed by atoms with Gasteiger partial charge in [-0.25, -0.2) is 4.98 Å². The summed E-state index contributed by atoms with van der Waals surface area (Å²) < 4.78 is 0. The molecule has 96 valence electrons. The second kappa shape index (κ2) is 6.66. The molecule has 1 unspecified atom stereocenters. The van der Waals surface area contributed by atoms with Crippen molar-refractivity contribution < 1.29 is 0 Å². The first-order valence-corrected chi connectivity index (χ1v) is 7.38. The van der Waals surface area contributed by atoms with Crippen LogP contribution < -0.4 is 5.32 Å². The van der Waals surface area contributed by atoms with E-state index < -0.39 is 0 Å². The van der Waals surface area contributed by atoms with Crippen molar-refractivity contribution in [3.8, 4) is 11.3 Å². The molecule has 1 N–H and O–H groups in total. The first-order chi connectivity index (χ1) is 8.79. The van der Waals surface area contributed by atoms with Crippen LogP contribution in [0, 0.1) is 5.92 Å². The van der Waals surface area contributed by atoms with Crippen LogP contribution in [0.15, 0.2) is 35.7 Å². The van der Waals surface area contributed by atoms with Crippen LogP contribution in [-0.2, 0) is 6.54 Å². The minimum absolute atomic E-state index is 0.735. The fourth-order valence-corrected chi connectivity index (χ4v) is 2.48. The first kappa shape index (κ1) is 13.2. The van der Waals surface area contributed by atoms with Crippen LogP contribution >= 0.6 is 11.3 Å². The fourth-order valence-electron chi connectivity index (χ4n) is 1.70. The summed E-state index contributed by atoms with van der Waals surface area (Å²) in [4.78, 5) is 4.66. The van der Waals surface area contributed by atoms with Gasteiger partial charge in [-0.15, -0.1) is 11.3 Å². The highest BCUT2D eigenvalue weighted by Gasteiger charge is 2.04. The van der Waals surface area contributed by atoms with Crippen LogP contribution in [0.4, 0.5) is 0 Å². The second-order valence-electron chi connectivity index (χ2n) is 4.64. The number of rotatable bonds is 6. The normalized spacial score (nSPS) is 12.6. The number of nitrogens with one attached hydrogen (secondary N) is 1. The van der Waals surface area contributed by atoms with Gasteiger partial charge in [0.05, 0.1) is 5.69 Å². The lowest BCUT2D eigenvalue weighted by atomic mass is 10.1. The Balaban J connectivity index is 1.91. The van der Waals surface area contributed by atoms with Crippen LogP contribution in [0.25, 0.3) is 11.3 Å². The summed E-state index contributed by atoms with van der Waals surface area (Å²) in [5.41, 5.74) is 2.28. The Morgan fingerprint density at radius 2 is 2.06 bits per heavy atom. The number of hydrogen-bond donors (Lipinski definition) is 1. The van der Waals surface area contributed by atoms with Gasteiger partial charge in [0.1, 0.15) is 5.01 Å². The smallest absolute Gasteiger partial charge is 0.107 e. The molecule has 0 radical (unpaired) electrons. The molecule has 0 aliphatic rings. The Bertz CT molecular complexity index is 464. The Hall–Kier alpha value is -1.19. The van der Waals surface area contributed by atoms with Crippen molar-refractivity contribution in [2.24, 2.45) is 5.92 Å². The molecule has 0 spiro atoms. The van der Waals surface area contributed by atoms with Gasteiger partial charge in [-0.05, 0) is 12.5 Å². The third kappa shape index (κ3) is 3.65. The van der Waals surface area contributed by atoms with E-state index in [9.17, 15) is 0 Å². The number of hydrogen-bond acceptors (Lipinski definition) is 3. The van der Waals surface area contributed by atoms with Crippen LogP contribution in [-0.4, -0.2) is 11.5 Å². The lowest BCUT2D eigenvalue weighted by Crippen LogP contribution is -2.20. The largest absolute Gasteiger partial charge is 0.310 e. The van der Waals surface area contributed by atoms with Gasteiger partial charge < -0.3 is 5.32 Å². The van der Waals surface area contributed by atoms with Crippen molar-refractivity contribution >= 4 is 11.3 Å². The van der Waals surface area contributed by atoms with Gasteiger partial charge in [-0.3, -0.25) is 0 Å². The van der Waals surface area contributed by atoms with Crippen LogP contribution in [0.2, 0.25) is 0 Å². The van der Waals surface area contributed by atoms with Crippen molar-refractivity contribution in [3.63, 3.8) is 0 Å². The maximum absolute atomic E-state index is 4.66. The average molecular weight is 260 g/mol. The standard InChI is InChI=1S/C15H20N2S/c1-3-12(2)9-16-10-15-17-14(11-18-15)13-7-5-4-6-8-13/h4-8,11-12,16H,3,9-10H2,1-2H3. The topological polar surface area (TPSA) is 24.9 Å². The zero-order valence-corrected chi connectivity index (χ0v) is 11.8. The minimum atomic E-state index is 0.735. The van der Waals surface area contributed by atoms with Crippen molar-refractivity contribution in [1.29, 1.82) is 0 Å². The maximum Gasteiger partial charge on any atom is 0.107 e. The molecule has 2 rings (SSSR count). The molecular formula is C15H20N2S. The summed E-state index contributed by atoms with van der Waals surface area (Å²) in [5.74, 6) is 0.735. The molecule has 0 saturated carbocycles. The monoisotopic (exact) mass is 260 g/mol. The van der Waals surface area contributed by atoms with E-state index in [2.05, 4.69) is 53.8 Å². The quantitative estimate of drug-likeness (QED) is 0.850. The van der Waals surface area contributed by atoms with E-state index in [-0.39, 0.29) is 0 Å². The average Bonchev–Trinajstić information content (AvgIpc) is 2.88. The Labute approximate surface area is 113 Å². The summed E-state index contributed by atoms with van der Waals surface area (Å²) in [6, 6.07) is 10.3. The predicted octanol–water partition coefficient (Wildman–Crippen LogP) is 3.95. The van der Waals surface area contributed by atoms with Gasteiger partial charge in [-0.1, -0.05) is 50.6 Å². The van der Waals surface area contributed by atoms with Crippen molar-refractivity contribution in [1.82, 2.24) is 10.3 Å². The fraction of sp³-hybridized carbons (Fsp3) is 0.400. The molecule has 2 aromatic rings. The number of benzene rings is 1. The summed E-state index contributed by atoms with van der Waals surface area (Å²) in [6.07, 6.45) is 1.22. The predicted molar refractivity (Wildman–Crippen MR) is 78.7 cm³/mol. The van der Waals surface area contributed by atoms with E-state index in [1.54, 1.807) is 11.3 Å². The summed E-state index contributed by atoms with van der Waals surface area (Å²) in [5, 5.41) is 6.76. The molecule has 1 atom stereocenters. The molecule has 0 aliphatic heterocycles. The van der Waals surface area contributed by atoms with Gasteiger partial charge in [0.2, 0.25) is 0 Å². The Morgan fingerprint density at radius 1 is 1.28 bits per heavy atom. The summed E-state index contributed by atoms with van der Waals surface area (Å²) in [7, 11) is 0. The minimum Gasteiger partial charge on any atom is -0.310 e. The highest BCUT2D eigenvalue weighted by Crippen LogP contribution is 2.21. The van der Waals surface area contributed by atoms with E-state index in [1.807, 2.05) is 6.07 Å². The van der Waals surface area contributed by atoms with E-state index in [1.165, 1.54) is 12.0 Å². The van der Waals surface area contributed by atoms with Crippen molar-refractivity contribution in [3.05, 3.63) is 40.7 Å². The molecule has 1 aromatic heterocycles. The molecule has 0 aliphatic carbocycles. The molecule has 0 fully saturated rings. The van der Waals surface area contributed by atoms with E-state index in [0.29, 0.717) is 0 Å². The molecule has 0 amide bonds. The van der Waals surface area contributed by atoms with Gasteiger partial charge in [0.25, 0.3) is 0 Å². The summed E-state index contributed by atoms with van der Waals surface area (Å²) in [6.45, 7) is 6.44. The van der Waals surface area contributed by atoms with Gasteiger partial charge in [0.15, 0.2) is 0 Å². The zero-order chi connectivity index (χ0) is 12.8. The third-order valence-electron chi connectivity index (χ3n) is 3.09. The molecule has 1 aromatic carbocycles. The first-order valence-electron chi connectivity index (χ1n) is 6.50. The highest BCUT2D eigenvalue weighted by molar-refractivity contribution is 7.09. The lowest BCUT2D eigenvalue weighted by Gasteiger charge is -2.08. The maximum atomic E-state index is 4.66. The molecule has 0 saturated heterocycles. The Kier molecular flexibility index (Phi) is 4.90. The van der Waals surface area contributed by atoms with Crippen LogP contribution in [0.3, 0.4) is 0 Å².